The average molecular weight is 343 g/mol. The highest BCUT2D eigenvalue weighted by atomic mass is 35.5. The van der Waals surface area contributed by atoms with Gasteiger partial charge in [-0.2, -0.15) is 23.5 Å². The number of carbonyl (C=O) groups is 1. The second-order valence-electron chi connectivity index (χ2n) is 4.50. The summed E-state index contributed by atoms with van der Waals surface area (Å²) in [4.78, 5) is 11.6. The molecule has 23 heavy (non-hydrogen) atoms. The molecule has 1 aromatic carbocycles. The van der Waals surface area contributed by atoms with E-state index in [-0.39, 0.29) is 34.4 Å². The normalized spacial score (nSPS) is 11.1. The third-order valence-electron chi connectivity index (χ3n) is 2.97. The first kappa shape index (κ1) is 16.8. The van der Waals surface area contributed by atoms with Crippen LogP contribution in [0.4, 0.5) is 19.0 Å². The van der Waals surface area contributed by atoms with Crippen molar-refractivity contribution >= 4 is 23.3 Å². The van der Waals surface area contributed by atoms with E-state index in [2.05, 4.69) is 10.4 Å². The van der Waals surface area contributed by atoms with Gasteiger partial charge >= 0.3 is 6.18 Å². The smallest absolute Gasteiger partial charge is 0.309 e. The lowest BCUT2D eigenvalue weighted by Crippen LogP contribution is -2.15. The van der Waals surface area contributed by atoms with Crippen LogP contribution in [0, 0.1) is 11.3 Å². The fourth-order valence-corrected chi connectivity index (χ4v) is 2.07. The van der Waals surface area contributed by atoms with Gasteiger partial charge in [0.15, 0.2) is 5.82 Å². The van der Waals surface area contributed by atoms with Crippen molar-refractivity contribution < 1.29 is 18.0 Å². The number of amides is 1. The van der Waals surface area contributed by atoms with Gasteiger partial charge in [0.1, 0.15) is 11.6 Å². The van der Waals surface area contributed by atoms with Gasteiger partial charge in [0.2, 0.25) is 5.91 Å². The van der Waals surface area contributed by atoms with E-state index in [0.29, 0.717) is 0 Å². The second-order valence-corrected chi connectivity index (χ2v) is 4.90. The molecule has 0 atom stereocenters. The number of nitriles is 1. The molecule has 1 heterocycles. The van der Waals surface area contributed by atoms with Crippen LogP contribution in [0.2, 0.25) is 5.02 Å². The first-order chi connectivity index (χ1) is 10.8. The first-order valence-electron chi connectivity index (χ1n) is 6.43. The van der Waals surface area contributed by atoms with Crippen LogP contribution in [0.1, 0.15) is 24.5 Å². The molecule has 1 amide bonds. The van der Waals surface area contributed by atoms with Gasteiger partial charge in [-0.3, -0.25) is 4.79 Å². The molecular weight excluding hydrogens is 333 g/mol. The van der Waals surface area contributed by atoms with Gasteiger partial charge < -0.3 is 5.32 Å². The van der Waals surface area contributed by atoms with E-state index >= 15 is 0 Å². The molecule has 0 fully saturated rings. The highest BCUT2D eigenvalue weighted by Crippen LogP contribution is 2.34. The summed E-state index contributed by atoms with van der Waals surface area (Å²) < 4.78 is 39.1. The van der Waals surface area contributed by atoms with Crippen molar-refractivity contribution in [1.29, 1.82) is 5.26 Å². The Morgan fingerprint density at radius 3 is 2.70 bits per heavy atom. The van der Waals surface area contributed by atoms with E-state index in [9.17, 15) is 18.0 Å². The molecule has 1 aromatic heterocycles. The summed E-state index contributed by atoms with van der Waals surface area (Å²) in [6, 6.07) is 4.58. The van der Waals surface area contributed by atoms with Gasteiger partial charge in [-0.05, 0) is 18.2 Å². The third kappa shape index (κ3) is 3.46. The number of halogens is 4. The minimum absolute atomic E-state index is 0.0565. The molecule has 0 radical (unpaired) electrons. The Morgan fingerprint density at radius 1 is 1.48 bits per heavy atom. The van der Waals surface area contributed by atoms with Gasteiger partial charge in [0.25, 0.3) is 0 Å². The maximum Gasteiger partial charge on any atom is 0.416 e. The molecule has 2 rings (SSSR count). The number of alkyl halides is 3. The first-order valence-corrected chi connectivity index (χ1v) is 6.80. The number of hydrogen-bond acceptors (Lipinski definition) is 3. The molecule has 5 nitrogen and oxygen atoms in total. The van der Waals surface area contributed by atoms with Crippen LogP contribution in [0.3, 0.4) is 0 Å². The van der Waals surface area contributed by atoms with Crippen molar-refractivity contribution in [3.05, 3.63) is 40.5 Å². The molecule has 2 aromatic rings. The maximum absolute atomic E-state index is 12.7. The summed E-state index contributed by atoms with van der Waals surface area (Å²) >= 11 is 5.91. The molecule has 0 spiro atoms. The summed E-state index contributed by atoms with van der Waals surface area (Å²) in [7, 11) is 0. The molecule has 120 valence electrons. The number of rotatable bonds is 3. The molecule has 0 aliphatic rings. The SMILES string of the molecule is CCC(=O)Nc1c(C#N)cnn1-c1ccc(C(F)(F)F)cc1Cl. The lowest BCUT2D eigenvalue weighted by Gasteiger charge is -2.12. The Labute approximate surface area is 134 Å². The number of carbonyl (C=O) groups excluding carboxylic acids is 1. The minimum atomic E-state index is -4.52. The van der Waals surface area contributed by atoms with Gasteiger partial charge in [0.05, 0.1) is 22.5 Å². The fourth-order valence-electron chi connectivity index (χ4n) is 1.81. The Bertz CT molecular complexity index is 792. The highest BCUT2D eigenvalue weighted by Gasteiger charge is 2.31. The molecule has 0 aliphatic carbocycles. The van der Waals surface area contributed by atoms with E-state index in [1.54, 1.807) is 6.92 Å². The predicted molar refractivity (Wildman–Crippen MR) is 77.2 cm³/mol. The van der Waals surface area contributed by atoms with E-state index in [0.717, 1.165) is 22.9 Å². The lowest BCUT2D eigenvalue weighted by atomic mass is 10.2. The van der Waals surface area contributed by atoms with E-state index in [1.165, 1.54) is 6.20 Å². The van der Waals surface area contributed by atoms with E-state index < -0.39 is 11.7 Å². The zero-order valence-electron chi connectivity index (χ0n) is 11.8. The Hall–Kier alpha value is -2.53. The molecule has 1 N–H and O–H groups in total. The number of nitrogens with zero attached hydrogens (tertiary/aromatic N) is 3. The number of anilines is 1. The summed E-state index contributed by atoms with van der Waals surface area (Å²) in [6.45, 7) is 1.62. The quantitative estimate of drug-likeness (QED) is 0.923. The van der Waals surface area contributed by atoms with Crippen molar-refractivity contribution in [2.45, 2.75) is 19.5 Å². The van der Waals surface area contributed by atoms with Crippen LogP contribution in [-0.2, 0) is 11.0 Å². The average Bonchev–Trinajstić information content (AvgIpc) is 2.88. The molecule has 0 saturated carbocycles. The number of nitrogens with one attached hydrogen (secondary N) is 1. The zero-order valence-corrected chi connectivity index (χ0v) is 12.5. The topological polar surface area (TPSA) is 70.7 Å². The molecular formula is C14H10ClF3N4O. The van der Waals surface area contributed by atoms with Crippen LogP contribution in [0.25, 0.3) is 5.69 Å². The van der Waals surface area contributed by atoms with E-state index in [1.807, 2.05) is 6.07 Å². The van der Waals surface area contributed by atoms with Crippen LogP contribution < -0.4 is 5.32 Å². The molecule has 0 unspecified atom stereocenters. The highest BCUT2D eigenvalue weighted by molar-refractivity contribution is 6.32. The van der Waals surface area contributed by atoms with Crippen molar-refractivity contribution in [3.63, 3.8) is 0 Å². The van der Waals surface area contributed by atoms with Gasteiger partial charge in [-0.15, -0.1) is 0 Å². The maximum atomic E-state index is 12.7. The fraction of sp³-hybridized carbons (Fsp3) is 0.214. The Morgan fingerprint density at radius 2 is 2.17 bits per heavy atom. The van der Waals surface area contributed by atoms with Gasteiger partial charge in [-0.1, -0.05) is 18.5 Å². The minimum Gasteiger partial charge on any atom is -0.309 e. The van der Waals surface area contributed by atoms with E-state index in [4.69, 9.17) is 16.9 Å². The summed E-state index contributed by atoms with van der Waals surface area (Å²) in [5.41, 5.74) is -0.714. The standard InChI is InChI=1S/C14H10ClF3N4O/c1-2-12(23)21-13-8(6-19)7-20-22(13)11-4-3-9(5-10(11)15)14(16,17)18/h3-5,7H,2H2,1H3,(H,21,23). The number of aromatic nitrogens is 2. The summed E-state index contributed by atoms with van der Waals surface area (Å²) in [6.07, 6.45) is -3.17. The molecule has 0 saturated heterocycles. The van der Waals surface area contributed by atoms with Crippen molar-refractivity contribution in [2.75, 3.05) is 5.32 Å². The van der Waals surface area contributed by atoms with Crippen LogP contribution in [0.15, 0.2) is 24.4 Å². The van der Waals surface area contributed by atoms with Crippen LogP contribution in [-0.4, -0.2) is 15.7 Å². The van der Waals surface area contributed by atoms with Crippen molar-refractivity contribution in [1.82, 2.24) is 9.78 Å². The summed E-state index contributed by atoms with van der Waals surface area (Å²) in [5, 5.41) is 15.2. The zero-order chi connectivity index (χ0) is 17.2. The predicted octanol–water partition coefficient (Wildman–Crippen LogP) is 3.76. The largest absolute Gasteiger partial charge is 0.416 e. The number of hydrogen-bond donors (Lipinski definition) is 1. The lowest BCUT2D eigenvalue weighted by molar-refractivity contribution is -0.137. The van der Waals surface area contributed by atoms with Crippen LogP contribution >= 0.6 is 11.6 Å². The van der Waals surface area contributed by atoms with Gasteiger partial charge in [-0.25, -0.2) is 4.68 Å². The molecule has 0 bridgehead atoms. The Kier molecular flexibility index (Phi) is 4.61. The van der Waals surface area contributed by atoms with Crippen LogP contribution in [0.5, 0.6) is 0 Å². The monoisotopic (exact) mass is 342 g/mol. The Balaban J connectivity index is 2.53. The third-order valence-corrected chi connectivity index (χ3v) is 3.27. The second kappa shape index (κ2) is 6.30. The van der Waals surface area contributed by atoms with Crippen molar-refractivity contribution in [3.8, 4) is 11.8 Å². The molecule has 0 aliphatic heterocycles. The van der Waals surface area contributed by atoms with Crippen molar-refractivity contribution in [2.24, 2.45) is 0 Å². The molecule has 9 heteroatoms. The number of benzene rings is 1. The summed E-state index contributed by atoms with van der Waals surface area (Å²) in [5.74, 6) is -0.313. The van der Waals surface area contributed by atoms with Gasteiger partial charge in [0, 0.05) is 6.42 Å².